The van der Waals surface area contributed by atoms with Crippen molar-refractivity contribution in [3.8, 4) is 0 Å². The summed E-state index contributed by atoms with van der Waals surface area (Å²) in [4.78, 5) is 18.3. The average Bonchev–Trinajstić information content (AvgIpc) is 2.33. The summed E-state index contributed by atoms with van der Waals surface area (Å²) < 4.78 is 1.70. The van der Waals surface area contributed by atoms with E-state index in [2.05, 4.69) is 43.0 Å². The number of hydrogen-bond acceptors (Lipinski definition) is 4. The van der Waals surface area contributed by atoms with Gasteiger partial charge in [-0.3, -0.25) is 4.79 Å². The van der Waals surface area contributed by atoms with Gasteiger partial charge in [-0.1, -0.05) is 6.92 Å². The highest BCUT2D eigenvalue weighted by molar-refractivity contribution is 5.30. The number of aromatic nitrogens is 2. The molecule has 0 fully saturated rings. The van der Waals surface area contributed by atoms with Crippen molar-refractivity contribution < 1.29 is 0 Å². The van der Waals surface area contributed by atoms with E-state index in [0.717, 1.165) is 26.1 Å². The van der Waals surface area contributed by atoms with Crippen LogP contribution in [0.3, 0.4) is 0 Å². The number of nitrogens with zero attached hydrogens (tertiary/aromatic N) is 3. The molecule has 0 aliphatic carbocycles. The predicted octanol–water partition coefficient (Wildman–Crippen LogP) is 1.41. The third kappa shape index (κ3) is 4.14. The van der Waals surface area contributed by atoms with Gasteiger partial charge in [0, 0.05) is 38.1 Å². The number of likely N-dealkylation sites (N-methyl/N-ethyl adjacent to an activating group) is 1. The van der Waals surface area contributed by atoms with E-state index in [1.54, 1.807) is 17.0 Å². The molecule has 0 saturated heterocycles. The van der Waals surface area contributed by atoms with Gasteiger partial charge in [0.25, 0.3) is 5.56 Å². The van der Waals surface area contributed by atoms with Gasteiger partial charge in [-0.2, -0.15) is 0 Å². The molecule has 18 heavy (non-hydrogen) atoms. The minimum absolute atomic E-state index is 0.0356. The number of nitrogens with one attached hydrogen (secondary N) is 1. The number of aryl methyl sites for hydroxylation is 1. The Balaban J connectivity index is 2.57. The van der Waals surface area contributed by atoms with E-state index in [4.69, 9.17) is 0 Å². The average molecular weight is 252 g/mol. The SMILES string of the molecule is CCCn1ccnc(NCCN(C)C(C)C)c1=O. The van der Waals surface area contributed by atoms with Gasteiger partial charge in [0.15, 0.2) is 5.82 Å². The van der Waals surface area contributed by atoms with Crippen molar-refractivity contribution in [2.45, 2.75) is 39.8 Å². The Morgan fingerprint density at radius 1 is 1.50 bits per heavy atom. The largest absolute Gasteiger partial charge is 0.364 e. The van der Waals surface area contributed by atoms with Crippen LogP contribution >= 0.6 is 0 Å². The zero-order chi connectivity index (χ0) is 13.5. The molecule has 5 nitrogen and oxygen atoms in total. The molecule has 1 heterocycles. The van der Waals surface area contributed by atoms with Gasteiger partial charge in [0.2, 0.25) is 0 Å². The van der Waals surface area contributed by atoms with Crippen LogP contribution in [0.2, 0.25) is 0 Å². The second-order valence-corrected chi connectivity index (χ2v) is 4.78. The highest BCUT2D eigenvalue weighted by Crippen LogP contribution is 1.96. The lowest BCUT2D eigenvalue weighted by atomic mass is 10.3. The highest BCUT2D eigenvalue weighted by atomic mass is 16.1. The maximum atomic E-state index is 12.0. The van der Waals surface area contributed by atoms with Crippen LogP contribution in [0.5, 0.6) is 0 Å². The molecule has 0 aromatic carbocycles. The molecule has 0 bridgehead atoms. The summed E-state index contributed by atoms with van der Waals surface area (Å²) in [5.41, 5.74) is -0.0356. The van der Waals surface area contributed by atoms with E-state index >= 15 is 0 Å². The van der Waals surface area contributed by atoms with Crippen molar-refractivity contribution in [1.29, 1.82) is 0 Å². The molecule has 1 rings (SSSR count). The van der Waals surface area contributed by atoms with Crippen LogP contribution < -0.4 is 10.9 Å². The van der Waals surface area contributed by atoms with Gasteiger partial charge in [0.1, 0.15) is 0 Å². The smallest absolute Gasteiger partial charge is 0.293 e. The van der Waals surface area contributed by atoms with Crippen LogP contribution in [0.25, 0.3) is 0 Å². The van der Waals surface area contributed by atoms with Crippen LogP contribution in [0.4, 0.5) is 5.82 Å². The molecular formula is C13H24N4O. The van der Waals surface area contributed by atoms with Gasteiger partial charge in [-0.25, -0.2) is 4.98 Å². The Bertz CT molecular complexity index is 414. The van der Waals surface area contributed by atoms with E-state index in [1.165, 1.54) is 0 Å². The zero-order valence-electron chi connectivity index (χ0n) is 11.8. The van der Waals surface area contributed by atoms with Crippen molar-refractivity contribution in [2.24, 2.45) is 0 Å². The quantitative estimate of drug-likeness (QED) is 0.797. The summed E-state index contributed by atoms with van der Waals surface area (Å²) in [6, 6.07) is 0.507. The third-order valence-electron chi connectivity index (χ3n) is 3.02. The fourth-order valence-corrected chi connectivity index (χ4v) is 1.59. The maximum Gasteiger partial charge on any atom is 0.293 e. The second kappa shape index (κ2) is 7.16. The molecule has 0 aliphatic heterocycles. The summed E-state index contributed by atoms with van der Waals surface area (Å²) >= 11 is 0. The maximum absolute atomic E-state index is 12.0. The lowest BCUT2D eigenvalue weighted by Crippen LogP contribution is -2.32. The fraction of sp³-hybridized carbons (Fsp3) is 0.692. The molecule has 0 aliphatic rings. The summed E-state index contributed by atoms with van der Waals surface area (Å²) in [5.74, 6) is 0.447. The molecule has 102 valence electrons. The molecule has 5 heteroatoms. The van der Waals surface area contributed by atoms with Crippen molar-refractivity contribution in [2.75, 3.05) is 25.5 Å². The Labute approximate surface area is 109 Å². The third-order valence-corrected chi connectivity index (χ3v) is 3.02. The normalized spacial score (nSPS) is 11.2. The molecule has 0 amide bonds. The lowest BCUT2D eigenvalue weighted by molar-refractivity contribution is 0.284. The molecule has 0 unspecified atom stereocenters. The summed E-state index contributed by atoms with van der Waals surface area (Å²) in [5, 5.41) is 3.11. The summed E-state index contributed by atoms with van der Waals surface area (Å²) in [6.07, 6.45) is 4.35. The van der Waals surface area contributed by atoms with Gasteiger partial charge < -0.3 is 14.8 Å². The van der Waals surface area contributed by atoms with Gasteiger partial charge in [0.05, 0.1) is 0 Å². The Kier molecular flexibility index (Phi) is 5.85. The lowest BCUT2D eigenvalue weighted by Gasteiger charge is -2.20. The molecule has 0 radical (unpaired) electrons. The Hall–Kier alpha value is -1.36. The predicted molar refractivity (Wildman–Crippen MR) is 75.0 cm³/mol. The Morgan fingerprint density at radius 3 is 2.83 bits per heavy atom. The van der Waals surface area contributed by atoms with Crippen molar-refractivity contribution in [1.82, 2.24) is 14.5 Å². The van der Waals surface area contributed by atoms with Crippen molar-refractivity contribution in [3.05, 3.63) is 22.7 Å². The van der Waals surface area contributed by atoms with E-state index in [-0.39, 0.29) is 5.56 Å². The minimum atomic E-state index is -0.0356. The van der Waals surface area contributed by atoms with Gasteiger partial charge in [-0.05, 0) is 27.3 Å². The zero-order valence-corrected chi connectivity index (χ0v) is 11.8. The first-order chi connectivity index (χ1) is 8.56. The monoisotopic (exact) mass is 252 g/mol. The van der Waals surface area contributed by atoms with Crippen LogP contribution in [0, 0.1) is 0 Å². The Morgan fingerprint density at radius 2 is 2.22 bits per heavy atom. The van der Waals surface area contributed by atoms with Crippen molar-refractivity contribution >= 4 is 5.82 Å². The second-order valence-electron chi connectivity index (χ2n) is 4.78. The van der Waals surface area contributed by atoms with E-state index in [0.29, 0.717) is 11.9 Å². The topological polar surface area (TPSA) is 50.2 Å². The van der Waals surface area contributed by atoms with E-state index in [9.17, 15) is 4.79 Å². The van der Waals surface area contributed by atoms with Crippen LogP contribution in [0.15, 0.2) is 17.2 Å². The van der Waals surface area contributed by atoms with Crippen LogP contribution in [-0.4, -0.2) is 40.6 Å². The number of rotatable bonds is 7. The molecule has 1 aromatic rings. The van der Waals surface area contributed by atoms with Gasteiger partial charge >= 0.3 is 0 Å². The van der Waals surface area contributed by atoms with Crippen molar-refractivity contribution in [3.63, 3.8) is 0 Å². The van der Waals surface area contributed by atoms with E-state index < -0.39 is 0 Å². The summed E-state index contributed by atoms with van der Waals surface area (Å²) in [7, 11) is 2.07. The van der Waals surface area contributed by atoms with Crippen LogP contribution in [-0.2, 0) is 6.54 Å². The van der Waals surface area contributed by atoms with Crippen LogP contribution in [0.1, 0.15) is 27.2 Å². The summed E-state index contributed by atoms with van der Waals surface area (Å²) in [6.45, 7) is 8.71. The molecule has 0 saturated carbocycles. The standard InChI is InChI=1S/C13H24N4O/c1-5-8-17-10-7-15-12(13(17)18)14-6-9-16(4)11(2)3/h7,10-11H,5-6,8-9H2,1-4H3,(H,14,15). The first kappa shape index (κ1) is 14.7. The first-order valence-electron chi connectivity index (χ1n) is 6.55. The first-order valence-corrected chi connectivity index (χ1v) is 6.55. The number of anilines is 1. The molecular weight excluding hydrogens is 228 g/mol. The van der Waals surface area contributed by atoms with E-state index in [1.807, 2.05) is 0 Å². The molecule has 1 N–H and O–H groups in total. The highest BCUT2D eigenvalue weighted by Gasteiger charge is 2.05. The number of hydrogen-bond donors (Lipinski definition) is 1. The molecule has 0 spiro atoms. The minimum Gasteiger partial charge on any atom is -0.364 e. The molecule has 1 aromatic heterocycles. The van der Waals surface area contributed by atoms with Gasteiger partial charge in [-0.15, -0.1) is 0 Å². The fourth-order valence-electron chi connectivity index (χ4n) is 1.59. The molecule has 0 atom stereocenters.